The van der Waals surface area contributed by atoms with Crippen LogP contribution < -0.4 is 21.3 Å². The Balaban J connectivity index is 1.39. The molecule has 9 nitrogen and oxygen atoms in total. The first-order valence-electron chi connectivity index (χ1n) is 12.2. The van der Waals surface area contributed by atoms with Gasteiger partial charge < -0.3 is 21.3 Å². The molecule has 178 valence electrons. The lowest BCUT2D eigenvalue weighted by Gasteiger charge is -2.26. The fourth-order valence-electron chi connectivity index (χ4n) is 4.73. The van der Waals surface area contributed by atoms with E-state index in [1.54, 1.807) is 0 Å². The molecule has 4 rings (SSSR count). The highest BCUT2D eigenvalue weighted by molar-refractivity contribution is 5.57. The first-order chi connectivity index (χ1) is 16.1. The molecule has 1 aromatic heterocycles. The van der Waals surface area contributed by atoms with Crippen LogP contribution >= 0.6 is 0 Å². The molecule has 1 aliphatic heterocycles. The van der Waals surface area contributed by atoms with Crippen LogP contribution in [0.2, 0.25) is 0 Å². The van der Waals surface area contributed by atoms with Crippen LogP contribution in [-0.4, -0.2) is 40.6 Å². The van der Waals surface area contributed by atoms with E-state index in [9.17, 15) is 10.1 Å². The number of nitro groups is 1. The molecule has 33 heavy (non-hydrogen) atoms. The zero-order valence-corrected chi connectivity index (χ0v) is 19.2. The molecule has 0 unspecified atom stereocenters. The molecule has 2 aromatic rings. The Kier molecular flexibility index (Phi) is 7.93. The lowest BCUT2D eigenvalue weighted by molar-refractivity contribution is -0.384. The van der Waals surface area contributed by atoms with Crippen molar-refractivity contribution in [1.29, 1.82) is 0 Å². The Morgan fingerprint density at radius 2 is 1.85 bits per heavy atom. The molecule has 0 radical (unpaired) electrons. The predicted molar refractivity (Wildman–Crippen MR) is 132 cm³/mol. The maximum absolute atomic E-state index is 11.5. The zero-order chi connectivity index (χ0) is 23.0. The molecular weight excluding hydrogens is 418 g/mol. The second-order valence-electron chi connectivity index (χ2n) is 9.27. The van der Waals surface area contributed by atoms with Crippen LogP contribution in [0.3, 0.4) is 0 Å². The van der Waals surface area contributed by atoms with Gasteiger partial charge in [0.25, 0.3) is 0 Å². The second-order valence-corrected chi connectivity index (χ2v) is 9.27. The highest BCUT2D eigenvalue weighted by atomic mass is 16.6. The van der Waals surface area contributed by atoms with Gasteiger partial charge in [-0.1, -0.05) is 25.0 Å². The topological polar surface area (TPSA) is 122 Å². The van der Waals surface area contributed by atoms with E-state index in [1.807, 2.05) is 0 Å². The lowest BCUT2D eigenvalue weighted by Crippen LogP contribution is -2.29. The zero-order valence-electron chi connectivity index (χ0n) is 19.2. The maximum Gasteiger partial charge on any atom is 0.329 e. The summed E-state index contributed by atoms with van der Waals surface area (Å²) in [6, 6.07) is 8.81. The lowest BCUT2D eigenvalue weighted by atomic mass is 9.86. The van der Waals surface area contributed by atoms with E-state index in [0.29, 0.717) is 25.0 Å². The van der Waals surface area contributed by atoms with Gasteiger partial charge in [0.15, 0.2) is 0 Å². The molecule has 4 N–H and O–H groups in total. The van der Waals surface area contributed by atoms with E-state index in [0.717, 1.165) is 44.3 Å². The van der Waals surface area contributed by atoms with Crippen LogP contribution in [0.25, 0.3) is 0 Å². The fourth-order valence-corrected chi connectivity index (χ4v) is 4.73. The van der Waals surface area contributed by atoms with E-state index in [2.05, 4.69) is 49.8 Å². The summed E-state index contributed by atoms with van der Waals surface area (Å²) in [5.74, 6) is 1.11. The molecule has 1 aliphatic carbocycles. The van der Waals surface area contributed by atoms with Crippen molar-refractivity contribution in [2.45, 2.75) is 64.0 Å². The minimum absolute atomic E-state index is 0.101. The summed E-state index contributed by atoms with van der Waals surface area (Å²) in [4.78, 5) is 22.1. The van der Waals surface area contributed by atoms with Crippen LogP contribution in [-0.2, 0) is 6.54 Å². The number of nitrogens with zero attached hydrogens (tertiary/aromatic N) is 4. The van der Waals surface area contributed by atoms with Crippen LogP contribution in [0.4, 0.5) is 23.1 Å². The Labute approximate surface area is 195 Å². The first kappa shape index (κ1) is 23.2. The highest BCUT2D eigenvalue weighted by Gasteiger charge is 2.22. The SMILES string of the molecule is NC1CCC(CNc2nc(NCc3cccc(N4CCCCCC4)c3)ncc2[N+](=O)[O-])CC1. The van der Waals surface area contributed by atoms with Gasteiger partial charge in [0.2, 0.25) is 11.8 Å². The fraction of sp³-hybridized carbons (Fsp3) is 0.583. The van der Waals surface area contributed by atoms with Crippen molar-refractivity contribution >= 4 is 23.1 Å². The number of nitrogens with one attached hydrogen (secondary N) is 2. The molecule has 0 spiro atoms. The number of hydrogen-bond acceptors (Lipinski definition) is 8. The van der Waals surface area contributed by atoms with Crippen LogP contribution in [0.5, 0.6) is 0 Å². The molecule has 1 saturated heterocycles. The third-order valence-electron chi connectivity index (χ3n) is 6.75. The summed E-state index contributed by atoms with van der Waals surface area (Å²) in [6.45, 7) is 3.41. The van der Waals surface area contributed by atoms with Gasteiger partial charge in [-0.05, 0) is 62.1 Å². The Bertz CT molecular complexity index is 923. The average Bonchev–Trinajstić information content (AvgIpc) is 3.12. The van der Waals surface area contributed by atoms with E-state index >= 15 is 0 Å². The molecule has 0 amide bonds. The summed E-state index contributed by atoms with van der Waals surface area (Å²) in [6.07, 6.45) is 10.4. The Hall–Kier alpha value is -2.94. The van der Waals surface area contributed by atoms with E-state index in [4.69, 9.17) is 5.73 Å². The van der Waals surface area contributed by atoms with Crippen molar-refractivity contribution in [3.8, 4) is 0 Å². The van der Waals surface area contributed by atoms with Gasteiger partial charge in [0.1, 0.15) is 6.20 Å². The third-order valence-corrected chi connectivity index (χ3v) is 6.75. The van der Waals surface area contributed by atoms with Crippen molar-refractivity contribution in [3.63, 3.8) is 0 Å². The van der Waals surface area contributed by atoms with Crippen LogP contribution in [0.1, 0.15) is 56.9 Å². The summed E-state index contributed by atoms with van der Waals surface area (Å²) in [7, 11) is 0. The van der Waals surface area contributed by atoms with Gasteiger partial charge in [0.05, 0.1) is 4.92 Å². The Morgan fingerprint density at radius 3 is 2.58 bits per heavy atom. The van der Waals surface area contributed by atoms with E-state index in [1.165, 1.54) is 37.6 Å². The van der Waals surface area contributed by atoms with Crippen molar-refractivity contribution in [2.75, 3.05) is 35.2 Å². The second kappa shape index (κ2) is 11.3. The average molecular weight is 454 g/mol. The number of hydrogen-bond donors (Lipinski definition) is 3. The smallest absolute Gasteiger partial charge is 0.329 e. The minimum Gasteiger partial charge on any atom is -0.372 e. The number of aromatic nitrogens is 2. The first-order valence-corrected chi connectivity index (χ1v) is 12.2. The van der Waals surface area contributed by atoms with Crippen LogP contribution in [0, 0.1) is 16.0 Å². The number of nitrogens with two attached hydrogens (primary N) is 1. The van der Waals surface area contributed by atoms with Gasteiger partial charge in [0, 0.05) is 37.9 Å². The van der Waals surface area contributed by atoms with Crippen molar-refractivity contribution in [3.05, 3.63) is 46.1 Å². The molecule has 2 aliphatic rings. The van der Waals surface area contributed by atoms with E-state index in [-0.39, 0.29) is 17.5 Å². The quantitative estimate of drug-likeness (QED) is 0.399. The van der Waals surface area contributed by atoms with E-state index < -0.39 is 4.92 Å². The maximum atomic E-state index is 11.5. The van der Waals surface area contributed by atoms with Crippen molar-refractivity contribution < 1.29 is 4.92 Å². The van der Waals surface area contributed by atoms with Crippen molar-refractivity contribution in [2.24, 2.45) is 11.7 Å². The summed E-state index contributed by atoms with van der Waals surface area (Å²) in [5.41, 5.74) is 8.26. The van der Waals surface area contributed by atoms with Gasteiger partial charge >= 0.3 is 5.69 Å². The standard InChI is InChI=1S/C24H35N7O2/c25-20-10-8-18(9-11-20)15-26-23-22(31(32)33)17-28-24(29-23)27-16-19-6-5-7-21(14-19)30-12-3-1-2-4-13-30/h5-7,14,17-18,20H,1-4,8-13,15-16,25H2,(H2,26,27,28,29). The summed E-state index contributed by atoms with van der Waals surface area (Å²) in [5, 5.41) is 17.9. The summed E-state index contributed by atoms with van der Waals surface area (Å²) >= 11 is 0. The molecule has 1 aromatic carbocycles. The third kappa shape index (κ3) is 6.54. The predicted octanol–water partition coefficient (Wildman–Crippen LogP) is 4.31. The number of anilines is 3. The van der Waals surface area contributed by atoms with Gasteiger partial charge in [-0.2, -0.15) is 4.98 Å². The molecular formula is C24H35N7O2. The normalized spacial score (nSPS) is 21.3. The van der Waals surface area contributed by atoms with Gasteiger partial charge in [-0.3, -0.25) is 10.1 Å². The Morgan fingerprint density at radius 1 is 1.09 bits per heavy atom. The monoisotopic (exact) mass is 453 g/mol. The molecule has 9 heteroatoms. The van der Waals surface area contributed by atoms with Crippen LogP contribution in [0.15, 0.2) is 30.5 Å². The number of rotatable bonds is 8. The molecule has 0 atom stereocenters. The molecule has 1 saturated carbocycles. The molecule has 2 fully saturated rings. The molecule has 2 heterocycles. The van der Waals surface area contributed by atoms with Crippen molar-refractivity contribution in [1.82, 2.24) is 9.97 Å². The minimum atomic E-state index is -0.437. The molecule has 0 bridgehead atoms. The highest BCUT2D eigenvalue weighted by Crippen LogP contribution is 2.27. The number of benzene rings is 1. The van der Waals surface area contributed by atoms with Gasteiger partial charge in [-0.25, -0.2) is 4.98 Å². The van der Waals surface area contributed by atoms with Gasteiger partial charge in [-0.15, -0.1) is 0 Å². The summed E-state index contributed by atoms with van der Waals surface area (Å²) < 4.78 is 0. The largest absolute Gasteiger partial charge is 0.372 e.